The summed E-state index contributed by atoms with van der Waals surface area (Å²) < 4.78 is 26.7. The molecule has 0 saturated heterocycles. The highest BCUT2D eigenvalue weighted by Crippen LogP contribution is 2.29. The summed E-state index contributed by atoms with van der Waals surface area (Å²) in [6.45, 7) is 0. The summed E-state index contributed by atoms with van der Waals surface area (Å²) in [4.78, 5) is 4.37. The van der Waals surface area contributed by atoms with Gasteiger partial charge in [-0.25, -0.2) is 8.78 Å². The van der Waals surface area contributed by atoms with Gasteiger partial charge in [0.2, 0.25) is 0 Å². The van der Waals surface area contributed by atoms with Gasteiger partial charge in [-0.05, 0) is 62.1 Å². The number of halogens is 3. The van der Waals surface area contributed by atoms with Crippen molar-refractivity contribution in [2.45, 2.75) is 37.8 Å². The summed E-state index contributed by atoms with van der Waals surface area (Å²) in [7, 11) is 0. The van der Waals surface area contributed by atoms with E-state index >= 15 is 0 Å². The summed E-state index contributed by atoms with van der Waals surface area (Å²) in [6.07, 6.45) is 5.61. The third-order valence-corrected chi connectivity index (χ3v) is 5.26. The third-order valence-electron chi connectivity index (χ3n) is 5.02. The van der Waals surface area contributed by atoms with Gasteiger partial charge in [-0.15, -0.1) is 0 Å². The molecule has 0 unspecified atom stereocenters. The summed E-state index contributed by atoms with van der Waals surface area (Å²) >= 11 is 6.05. The molecule has 1 aliphatic carbocycles. The Hall–Kier alpha value is -2.40. The molecule has 1 saturated carbocycles. The minimum Gasteiger partial charge on any atom is -0.382 e. The molecule has 6 heteroatoms. The Morgan fingerprint density at radius 3 is 2.22 bits per heavy atom. The van der Waals surface area contributed by atoms with Crippen molar-refractivity contribution in [1.29, 1.82) is 0 Å². The second-order valence-electron chi connectivity index (χ2n) is 7.02. The van der Waals surface area contributed by atoms with Crippen molar-refractivity contribution >= 4 is 33.9 Å². The van der Waals surface area contributed by atoms with Crippen molar-refractivity contribution in [2.24, 2.45) is 0 Å². The molecule has 0 radical (unpaired) electrons. The van der Waals surface area contributed by atoms with Gasteiger partial charge >= 0.3 is 0 Å². The van der Waals surface area contributed by atoms with Crippen molar-refractivity contribution in [1.82, 2.24) is 4.98 Å². The predicted octanol–water partition coefficient (Wildman–Crippen LogP) is 6.00. The first-order valence-corrected chi connectivity index (χ1v) is 9.48. The van der Waals surface area contributed by atoms with Crippen LogP contribution in [0.1, 0.15) is 25.7 Å². The molecule has 0 atom stereocenters. The highest BCUT2D eigenvalue weighted by Gasteiger charge is 2.21. The molecule has 2 N–H and O–H groups in total. The van der Waals surface area contributed by atoms with Gasteiger partial charge < -0.3 is 10.6 Å². The SMILES string of the molecule is Fc1cc(F)cc(N[C@H]2CC[C@@H](Nc3ccnc4cc(Cl)ccc34)CC2)c1. The Labute approximate surface area is 161 Å². The molecule has 0 bridgehead atoms. The van der Waals surface area contributed by atoms with E-state index in [9.17, 15) is 8.78 Å². The zero-order valence-corrected chi connectivity index (χ0v) is 15.4. The van der Waals surface area contributed by atoms with Crippen LogP contribution in [0.25, 0.3) is 10.9 Å². The average Bonchev–Trinajstić information content (AvgIpc) is 2.62. The number of nitrogens with one attached hydrogen (secondary N) is 2. The Bertz CT molecular complexity index is 935. The van der Waals surface area contributed by atoms with E-state index < -0.39 is 11.6 Å². The second-order valence-corrected chi connectivity index (χ2v) is 7.45. The predicted molar refractivity (Wildman–Crippen MR) is 106 cm³/mol. The highest BCUT2D eigenvalue weighted by molar-refractivity contribution is 6.31. The van der Waals surface area contributed by atoms with Crippen molar-refractivity contribution in [3.05, 3.63) is 65.3 Å². The molecule has 1 fully saturated rings. The lowest BCUT2D eigenvalue weighted by Crippen LogP contribution is -2.32. The Morgan fingerprint density at radius 1 is 0.852 bits per heavy atom. The van der Waals surface area contributed by atoms with Crippen LogP contribution in [-0.2, 0) is 0 Å². The summed E-state index contributed by atoms with van der Waals surface area (Å²) in [5.41, 5.74) is 2.43. The van der Waals surface area contributed by atoms with Crippen LogP contribution in [0.2, 0.25) is 5.02 Å². The lowest BCUT2D eigenvalue weighted by atomic mass is 9.90. The van der Waals surface area contributed by atoms with E-state index in [1.165, 1.54) is 12.1 Å². The maximum absolute atomic E-state index is 13.3. The highest BCUT2D eigenvalue weighted by atomic mass is 35.5. The van der Waals surface area contributed by atoms with Crippen LogP contribution in [0.5, 0.6) is 0 Å². The van der Waals surface area contributed by atoms with E-state index in [2.05, 4.69) is 15.6 Å². The van der Waals surface area contributed by atoms with Crippen LogP contribution in [-0.4, -0.2) is 17.1 Å². The van der Waals surface area contributed by atoms with E-state index in [4.69, 9.17) is 11.6 Å². The number of aromatic nitrogens is 1. The van der Waals surface area contributed by atoms with E-state index in [0.717, 1.165) is 48.3 Å². The van der Waals surface area contributed by atoms with E-state index in [1.54, 1.807) is 6.20 Å². The minimum atomic E-state index is -0.558. The van der Waals surface area contributed by atoms with Crippen molar-refractivity contribution in [3.8, 4) is 0 Å². The Balaban J connectivity index is 1.38. The van der Waals surface area contributed by atoms with E-state index in [0.29, 0.717) is 16.8 Å². The number of rotatable bonds is 4. The number of benzene rings is 2. The van der Waals surface area contributed by atoms with Crippen LogP contribution in [0.15, 0.2) is 48.7 Å². The molecule has 1 aromatic heterocycles. The number of pyridine rings is 1. The molecule has 0 aliphatic heterocycles. The van der Waals surface area contributed by atoms with E-state index in [1.807, 2.05) is 24.3 Å². The molecule has 3 aromatic rings. The van der Waals surface area contributed by atoms with Gasteiger partial charge in [-0.1, -0.05) is 11.6 Å². The van der Waals surface area contributed by atoms with Gasteiger partial charge in [0.1, 0.15) is 11.6 Å². The van der Waals surface area contributed by atoms with Crippen molar-refractivity contribution in [3.63, 3.8) is 0 Å². The molecule has 2 aromatic carbocycles. The fourth-order valence-electron chi connectivity index (χ4n) is 3.72. The fraction of sp³-hybridized carbons (Fsp3) is 0.286. The molecule has 1 heterocycles. The van der Waals surface area contributed by atoms with Crippen LogP contribution in [0.4, 0.5) is 20.2 Å². The van der Waals surface area contributed by atoms with Gasteiger partial charge in [-0.3, -0.25) is 4.98 Å². The molecular weight excluding hydrogens is 368 g/mol. The number of anilines is 2. The normalized spacial score (nSPS) is 19.8. The molecule has 3 nitrogen and oxygen atoms in total. The van der Waals surface area contributed by atoms with Crippen LogP contribution < -0.4 is 10.6 Å². The average molecular weight is 388 g/mol. The Morgan fingerprint density at radius 2 is 1.52 bits per heavy atom. The molecule has 140 valence electrons. The maximum atomic E-state index is 13.3. The van der Waals surface area contributed by atoms with E-state index in [-0.39, 0.29) is 6.04 Å². The zero-order chi connectivity index (χ0) is 18.8. The summed E-state index contributed by atoms with van der Waals surface area (Å²) in [5.74, 6) is -1.12. The lowest BCUT2D eigenvalue weighted by Gasteiger charge is -2.31. The molecule has 0 spiro atoms. The summed E-state index contributed by atoms with van der Waals surface area (Å²) in [6, 6.07) is 11.8. The van der Waals surface area contributed by atoms with Gasteiger partial charge in [0.25, 0.3) is 0 Å². The quantitative estimate of drug-likeness (QED) is 0.576. The molecule has 1 aliphatic rings. The van der Waals surface area contributed by atoms with Crippen LogP contribution in [0.3, 0.4) is 0 Å². The number of fused-ring (bicyclic) bond motifs is 1. The van der Waals surface area contributed by atoms with Crippen LogP contribution >= 0.6 is 11.6 Å². The molecule has 4 rings (SSSR count). The lowest BCUT2D eigenvalue weighted by molar-refractivity contribution is 0.429. The van der Waals surface area contributed by atoms with Gasteiger partial charge in [0.05, 0.1) is 5.52 Å². The second kappa shape index (κ2) is 7.69. The Kier molecular flexibility index (Phi) is 5.12. The largest absolute Gasteiger partial charge is 0.382 e. The van der Waals surface area contributed by atoms with Crippen LogP contribution in [0, 0.1) is 11.6 Å². The number of hydrogen-bond donors (Lipinski definition) is 2. The van der Waals surface area contributed by atoms with Gasteiger partial charge in [0, 0.05) is 46.1 Å². The first-order chi connectivity index (χ1) is 13.1. The number of nitrogens with zero attached hydrogens (tertiary/aromatic N) is 1. The summed E-state index contributed by atoms with van der Waals surface area (Å²) in [5, 5.41) is 8.59. The first kappa shape index (κ1) is 18.0. The van der Waals surface area contributed by atoms with Gasteiger partial charge in [0.15, 0.2) is 0 Å². The standard InChI is InChI=1S/C21H20ClF2N3/c22-13-1-6-19-20(7-8-25-21(19)9-13)27-17-4-2-16(3-5-17)26-18-11-14(23)10-15(24)12-18/h1,6-12,16-17,26H,2-5H2,(H,25,27)/t16-,17+. The van der Waals surface area contributed by atoms with Crippen molar-refractivity contribution < 1.29 is 8.78 Å². The third kappa shape index (κ3) is 4.30. The fourth-order valence-corrected chi connectivity index (χ4v) is 3.89. The smallest absolute Gasteiger partial charge is 0.128 e. The topological polar surface area (TPSA) is 37.0 Å². The molecular formula is C21H20ClF2N3. The monoisotopic (exact) mass is 387 g/mol. The molecule has 0 amide bonds. The maximum Gasteiger partial charge on any atom is 0.128 e. The number of hydrogen-bond acceptors (Lipinski definition) is 3. The minimum absolute atomic E-state index is 0.220. The molecule has 27 heavy (non-hydrogen) atoms. The van der Waals surface area contributed by atoms with Crippen molar-refractivity contribution in [2.75, 3.05) is 10.6 Å². The first-order valence-electron chi connectivity index (χ1n) is 9.10. The zero-order valence-electron chi connectivity index (χ0n) is 14.7. The van der Waals surface area contributed by atoms with Gasteiger partial charge in [-0.2, -0.15) is 0 Å².